The smallest absolute Gasteiger partial charge is 0.433 e. The molecule has 2 N–H and O–H groups in total. The van der Waals surface area contributed by atoms with Crippen molar-refractivity contribution in [2.24, 2.45) is 5.73 Å². The van der Waals surface area contributed by atoms with Crippen LogP contribution >= 0.6 is 0 Å². The van der Waals surface area contributed by atoms with Crippen molar-refractivity contribution in [1.29, 1.82) is 0 Å². The average Bonchev–Trinajstić information content (AvgIpc) is 2.17. The molecule has 0 aromatic heterocycles. The van der Waals surface area contributed by atoms with Crippen molar-refractivity contribution in [3.05, 3.63) is 0 Å². The van der Waals surface area contributed by atoms with Crippen LogP contribution in [0.15, 0.2) is 0 Å². The topological polar surface area (TPSA) is 64.8 Å². The molecule has 0 heterocycles. The molecule has 0 aromatic carbocycles. The SMILES string of the molecule is CCN(C)OC(=O)OCCC(C)(N)CC. The van der Waals surface area contributed by atoms with Gasteiger partial charge in [0.1, 0.15) is 0 Å². The van der Waals surface area contributed by atoms with E-state index in [9.17, 15) is 4.79 Å². The first-order valence-corrected chi connectivity index (χ1v) is 5.26. The second-order valence-electron chi connectivity index (χ2n) is 3.89. The fourth-order valence-corrected chi connectivity index (χ4v) is 0.762. The van der Waals surface area contributed by atoms with Crippen LogP contribution < -0.4 is 5.73 Å². The number of ether oxygens (including phenoxy) is 1. The molecule has 0 aliphatic heterocycles. The number of carbonyl (C=O) groups is 1. The van der Waals surface area contributed by atoms with Crippen LogP contribution in [0, 0.1) is 0 Å². The molecular formula is C10H22N2O3. The predicted molar refractivity (Wildman–Crippen MR) is 58.2 cm³/mol. The third kappa shape index (κ3) is 7.16. The van der Waals surface area contributed by atoms with E-state index in [1.54, 1.807) is 7.05 Å². The van der Waals surface area contributed by atoms with Crippen LogP contribution in [-0.2, 0) is 9.57 Å². The van der Waals surface area contributed by atoms with Crippen LogP contribution in [0.3, 0.4) is 0 Å². The molecular weight excluding hydrogens is 196 g/mol. The van der Waals surface area contributed by atoms with E-state index in [2.05, 4.69) is 0 Å². The molecule has 0 aliphatic rings. The number of nitrogens with zero attached hydrogens (tertiary/aromatic N) is 1. The molecule has 0 amide bonds. The van der Waals surface area contributed by atoms with E-state index in [1.807, 2.05) is 20.8 Å². The van der Waals surface area contributed by atoms with Gasteiger partial charge in [0.05, 0.1) is 6.61 Å². The quantitative estimate of drug-likeness (QED) is 0.541. The van der Waals surface area contributed by atoms with Crippen LogP contribution in [0.1, 0.15) is 33.6 Å². The highest BCUT2D eigenvalue weighted by atomic mass is 16.8. The molecule has 0 bridgehead atoms. The molecule has 0 spiro atoms. The Hall–Kier alpha value is -0.810. The molecule has 5 nitrogen and oxygen atoms in total. The molecule has 0 aliphatic carbocycles. The Bertz CT molecular complexity index is 195. The lowest BCUT2D eigenvalue weighted by molar-refractivity contribution is -0.107. The predicted octanol–water partition coefficient (Wildman–Crippen LogP) is 1.52. The minimum Gasteiger partial charge on any atom is -0.433 e. The largest absolute Gasteiger partial charge is 0.527 e. The van der Waals surface area contributed by atoms with Gasteiger partial charge >= 0.3 is 6.16 Å². The Balaban J connectivity index is 3.64. The molecule has 15 heavy (non-hydrogen) atoms. The highest BCUT2D eigenvalue weighted by Crippen LogP contribution is 2.10. The van der Waals surface area contributed by atoms with E-state index in [1.165, 1.54) is 5.06 Å². The fraction of sp³-hybridized carbons (Fsp3) is 0.900. The number of carbonyl (C=O) groups excluding carboxylic acids is 1. The Morgan fingerprint density at radius 3 is 2.53 bits per heavy atom. The summed E-state index contributed by atoms with van der Waals surface area (Å²) < 4.78 is 4.87. The monoisotopic (exact) mass is 218 g/mol. The summed E-state index contributed by atoms with van der Waals surface area (Å²) in [6.45, 7) is 6.72. The molecule has 1 unspecified atom stereocenters. The van der Waals surface area contributed by atoms with Gasteiger partial charge in [0.2, 0.25) is 0 Å². The maximum Gasteiger partial charge on any atom is 0.527 e. The van der Waals surface area contributed by atoms with Gasteiger partial charge in [-0.15, -0.1) is 5.06 Å². The zero-order chi connectivity index (χ0) is 11.9. The van der Waals surface area contributed by atoms with Gasteiger partial charge in [-0.05, 0) is 26.7 Å². The lowest BCUT2D eigenvalue weighted by Gasteiger charge is -2.22. The van der Waals surface area contributed by atoms with Gasteiger partial charge in [-0.1, -0.05) is 6.92 Å². The van der Waals surface area contributed by atoms with Crippen molar-refractivity contribution >= 4 is 6.16 Å². The summed E-state index contributed by atoms with van der Waals surface area (Å²) in [5, 5.41) is 1.41. The molecule has 0 radical (unpaired) electrons. The van der Waals surface area contributed by atoms with Crippen molar-refractivity contribution in [2.45, 2.75) is 39.2 Å². The van der Waals surface area contributed by atoms with Gasteiger partial charge in [0.15, 0.2) is 0 Å². The first-order valence-electron chi connectivity index (χ1n) is 5.26. The second kappa shape index (κ2) is 6.63. The third-order valence-electron chi connectivity index (χ3n) is 2.38. The third-order valence-corrected chi connectivity index (χ3v) is 2.38. The van der Waals surface area contributed by atoms with Crippen molar-refractivity contribution in [2.75, 3.05) is 20.2 Å². The molecule has 0 saturated carbocycles. The molecule has 0 fully saturated rings. The Kier molecular flexibility index (Phi) is 6.27. The maximum atomic E-state index is 11.1. The Morgan fingerprint density at radius 1 is 1.47 bits per heavy atom. The summed E-state index contributed by atoms with van der Waals surface area (Å²) in [7, 11) is 1.67. The van der Waals surface area contributed by atoms with E-state index in [4.69, 9.17) is 15.3 Å². The average molecular weight is 218 g/mol. The van der Waals surface area contributed by atoms with Gasteiger partial charge in [-0.3, -0.25) is 0 Å². The van der Waals surface area contributed by atoms with Crippen LogP contribution in [0.4, 0.5) is 4.79 Å². The number of hydrogen-bond donors (Lipinski definition) is 1. The number of hydrogen-bond acceptors (Lipinski definition) is 5. The highest BCUT2D eigenvalue weighted by Gasteiger charge is 2.16. The standard InChI is InChI=1S/C10H22N2O3/c1-5-10(3,11)7-8-14-9(13)15-12(4)6-2/h5-8,11H2,1-4H3. The minimum atomic E-state index is -0.675. The Labute approximate surface area is 91.5 Å². The molecule has 5 heteroatoms. The lowest BCUT2D eigenvalue weighted by atomic mass is 9.97. The van der Waals surface area contributed by atoms with Gasteiger partial charge < -0.3 is 15.3 Å². The van der Waals surface area contributed by atoms with Gasteiger partial charge in [-0.25, -0.2) is 4.79 Å². The van der Waals surface area contributed by atoms with E-state index in [-0.39, 0.29) is 12.1 Å². The molecule has 0 aromatic rings. The fourth-order valence-electron chi connectivity index (χ4n) is 0.762. The van der Waals surface area contributed by atoms with Gasteiger partial charge in [0.25, 0.3) is 0 Å². The van der Waals surface area contributed by atoms with Crippen molar-refractivity contribution in [3.8, 4) is 0 Å². The summed E-state index contributed by atoms with van der Waals surface area (Å²) >= 11 is 0. The number of nitrogens with two attached hydrogens (primary N) is 1. The minimum absolute atomic E-state index is 0.281. The molecule has 1 atom stereocenters. The van der Waals surface area contributed by atoms with Crippen LogP contribution in [0.5, 0.6) is 0 Å². The van der Waals surface area contributed by atoms with E-state index in [0.717, 1.165) is 6.42 Å². The number of rotatable bonds is 6. The van der Waals surface area contributed by atoms with E-state index in [0.29, 0.717) is 13.0 Å². The number of hydroxylamine groups is 2. The van der Waals surface area contributed by atoms with Crippen LogP contribution in [-0.4, -0.2) is 37.0 Å². The van der Waals surface area contributed by atoms with Crippen molar-refractivity contribution in [1.82, 2.24) is 5.06 Å². The van der Waals surface area contributed by atoms with Gasteiger partial charge in [0, 0.05) is 19.1 Å². The highest BCUT2D eigenvalue weighted by molar-refractivity contribution is 5.59. The summed E-state index contributed by atoms with van der Waals surface area (Å²) in [6.07, 6.45) is 0.806. The Morgan fingerprint density at radius 2 is 2.07 bits per heavy atom. The van der Waals surface area contributed by atoms with Crippen LogP contribution in [0.2, 0.25) is 0 Å². The molecule has 0 rings (SSSR count). The molecule has 90 valence electrons. The zero-order valence-electron chi connectivity index (χ0n) is 10.1. The first-order chi connectivity index (χ1) is 6.91. The summed E-state index contributed by atoms with van der Waals surface area (Å²) in [4.78, 5) is 15.8. The zero-order valence-corrected chi connectivity index (χ0v) is 10.1. The van der Waals surface area contributed by atoms with E-state index >= 15 is 0 Å². The summed E-state index contributed by atoms with van der Waals surface area (Å²) in [5.41, 5.74) is 5.61. The van der Waals surface area contributed by atoms with Gasteiger partial charge in [-0.2, -0.15) is 0 Å². The lowest BCUT2D eigenvalue weighted by Crippen LogP contribution is -2.36. The summed E-state index contributed by atoms with van der Waals surface area (Å²) in [5.74, 6) is 0. The van der Waals surface area contributed by atoms with Crippen LogP contribution in [0.25, 0.3) is 0 Å². The van der Waals surface area contributed by atoms with Crippen molar-refractivity contribution in [3.63, 3.8) is 0 Å². The first kappa shape index (κ1) is 14.2. The van der Waals surface area contributed by atoms with E-state index < -0.39 is 6.16 Å². The maximum absolute atomic E-state index is 11.1. The molecule has 0 saturated heterocycles. The normalized spacial score (nSPS) is 14.8. The van der Waals surface area contributed by atoms with Crippen molar-refractivity contribution < 1.29 is 14.4 Å². The second-order valence-corrected chi connectivity index (χ2v) is 3.89. The summed E-state index contributed by atoms with van der Waals surface area (Å²) in [6, 6.07) is 0.